The quantitative estimate of drug-likeness (QED) is 0.617. The molecule has 0 atom stereocenters. The molecule has 2 N–H and O–H groups in total. The highest BCUT2D eigenvalue weighted by Crippen LogP contribution is 2.12. The number of nitrogens with zero attached hydrogens (tertiary/aromatic N) is 1. The van der Waals surface area contributed by atoms with E-state index in [9.17, 15) is 9.59 Å². The number of aryl methyl sites for hydroxylation is 1. The summed E-state index contributed by atoms with van der Waals surface area (Å²) in [5, 5.41) is 2.99. The minimum atomic E-state index is -0.433. The monoisotopic (exact) mass is 396 g/mol. The second-order valence-electron chi connectivity index (χ2n) is 7.32. The summed E-state index contributed by atoms with van der Waals surface area (Å²) in [6, 6.07) is 15.5. The minimum absolute atomic E-state index is 0.0873. The third-order valence-corrected chi connectivity index (χ3v) is 5.37. The van der Waals surface area contributed by atoms with Crippen LogP contribution in [0.1, 0.15) is 17.5 Å². The number of morpholine rings is 1. The molecule has 0 aliphatic carbocycles. The van der Waals surface area contributed by atoms with Crippen LogP contribution in [0.4, 0.5) is 0 Å². The van der Waals surface area contributed by atoms with Crippen molar-refractivity contribution < 1.29 is 18.8 Å². The molecule has 0 spiro atoms. The van der Waals surface area contributed by atoms with Crippen molar-refractivity contribution >= 4 is 17.0 Å². The zero-order valence-electron chi connectivity index (χ0n) is 16.4. The van der Waals surface area contributed by atoms with Crippen LogP contribution >= 0.6 is 0 Å². The molecule has 1 aliphatic heterocycles. The molecule has 3 aromatic rings. The van der Waals surface area contributed by atoms with Crippen molar-refractivity contribution in [2.45, 2.75) is 26.1 Å². The lowest BCUT2D eigenvalue weighted by Crippen LogP contribution is -3.12. The molecule has 152 valence electrons. The normalized spacial score (nSPS) is 14.9. The number of quaternary nitrogens is 1. The first-order valence-electron chi connectivity index (χ1n) is 10.0. The molecule has 29 heavy (non-hydrogen) atoms. The smallest absolute Gasteiger partial charge is 0.408 e. The van der Waals surface area contributed by atoms with Crippen LogP contribution in [-0.4, -0.2) is 36.8 Å². The molecule has 4 rings (SSSR count). The maximum atomic E-state index is 12.4. The van der Waals surface area contributed by atoms with Gasteiger partial charge >= 0.3 is 5.76 Å². The van der Waals surface area contributed by atoms with Crippen LogP contribution in [-0.2, 0) is 29.2 Å². The number of fused-ring (bicyclic) bond motifs is 1. The van der Waals surface area contributed by atoms with Gasteiger partial charge in [0.25, 0.3) is 0 Å². The first-order valence-corrected chi connectivity index (χ1v) is 10.0. The van der Waals surface area contributed by atoms with E-state index in [1.165, 1.54) is 15.0 Å². The Bertz CT molecular complexity index is 1030. The average molecular weight is 396 g/mol. The van der Waals surface area contributed by atoms with Crippen LogP contribution < -0.4 is 16.0 Å². The zero-order valence-corrected chi connectivity index (χ0v) is 16.4. The van der Waals surface area contributed by atoms with Gasteiger partial charge in [0, 0.05) is 25.1 Å². The molecule has 0 unspecified atom stereocenters. The topological polar surface area (TPSA) is 77.9 Å². The molecule has 0 saturated carbocycles. The van der Waals surface area contributed by atoms with Crippen molar-refractivity contribution in [2.24, 2.45) is 0 Å². The number of para-hydroxylation sites is 2. The Labute approximate surface area is 168 Å². The zero-order chi connectivity index (χ0) is 20.1. The largest absolute Gasteiger partial charge is 0.419 e. The van der Waals surface area contributed by atoms with Gasteiger partial charge in [-0.2, -0.15) is 0 Å². The van der Waals surface area contributed by atoms with Gasteiger partial charge in [0.2, 0.25) is 5.91 Å². The number of oxazole rings is 1. The van der Waals surface area contributed by atoms with E-state index in [2.05, 4.69) is 17.4 Å². The Balaban J connectivity index is 1.34. The lowest BCUT2D eigenvalue weighted by Gasteiger charge is -2.24. The summed E-state index contributed by atoms with van der Waals surface area (Å²) in [5.74, 6) is -0.520. The molecule has 2 aromatic carbocycles. The molecule has 7 heteroatoms. The van der Waals surface area contributed by atoms with Gasteiger partial charge in [-0.15, -0.1) is 0 Å². The van der Waals surface area contributed by atoms with E-state index in [-0.39, 0.29) is 12.3 Å². The summed E-state index contributed by atoms with van der Waals surface area (Å²) in [6.45, 7) is 5.34. The van der Waals surface area contributed by atoms with Gasteiger partial charge in [0.05, 0.1) is 18.7 Å². The van der Waals surface area contributed by atoms with E-state index in [1.807, 2.05) is 30.3 Å². The van der Waals surface area contributed by atoms with Gasteiger partial charge in [0.1, 0.15) is 19.6 Å². The van der Waals surface area contributed by atoms with Crippen LogP contribution in [0.25, 0.3) is 11.1 Å². The standard InChI is InChI=1S/C22H25N3O4/c26-21(9-10-25-19-7-3-4-8-20(19)29-22(25)27)23-15-17-5-1-2-6-18(17)16-24-11-13-28-14-12-24/h1-8H,9-16H2,(H,23,26)/p+1. The molecule has 1 aliphatic rings. The average Bonchev–Trinajstić information content (AvgIpc) is 3.07. The fraction of sp³-hybridized carbons (Fsp3) is 0.364. The lowest BCUT2D eigenvalue weighted by atomic mass is 10.1. The Hall–Kier alpha value is -2.90. The van der Waals surface area contributed by atoms with Crippen molar-refractivity contribution in [1.82, 2.24) is 9.88 Å². The first kappa shape index (κ1) is 19.4. The second-order valence-corrected chi connectivity index (χ2v) is 7.32. The fourth-order valence-electron chi connectivity index (χ4n) is 3.73. The Morgan fingerprint density at radius 1 is 1.03 bits per heavy atom. The Morgan fingerprint density at radius 3 is 2.59 bits per heavy atom. The van der Waals surface area contributed by atoms with E-state index in [0.717, 1.165) is 38.4 Å². The minimum Gasteiger partial charge on any atom is -0.408 e. The van der Waals surface area contributed by atoms with E-state index < -0.39 is 5.76 Å². The van der Waals surface area contributed by atoms with Crippen molar-refractivity contribution in [3.05, 3.63) is 70.2 Å². The maximum absolute atomic E-state index is 12.4. The van der Waals surface area contributed by atoms with E-state index in [0.29, 0.717) is 24.2 Å². The first-order chi connectivity index (χ1) is 14.2. The molecule has 1 fully saturated rings. The summed E-state index contributed by atoms with van der Waals surface area (Å²) < 4.78 is 12.1. The molecule has 0 radical (unpaired) electrons. The van der Waals surface area contributed by atoms with E-state index >= 15 is 0 Å². The number of aromatic nitrogens is 1. The van der Waals surface area contributed by atoms with Gasteiger partial charge in [-0.1, -0.05) is 36.4 Å². The van der Waals surface area contributed by atoms with Gasteiger partial charge in [0.15, 0.2) is 5.58 Å². The predicted molar refractivity (Wildman–Crippen MR) is 109 cm³/mol. The van der Waals surface area contributed by atoms with Crippen LogP contribution in [0.3, 0.4) is 0 Å². The molecular formula is C22H26N3O4+. The van der Waals surface area contributed by atoms with Crippen molar-refractivity contribution in [2.75, 3.05) is 26.3 Å². The summed E-state index contributed by atoms with van der Waals surface area (Å²) in [5.41, 5.74) is 3.63. The summed E-state index contributed by atoms with van der Waals surface area (Å²) in [7, 11) is 0. The third-order valence-electron chi connectivity index (χ3n) is 5.37. The van der Waals surface area contributed by atoms with Crippen molar-refractivity contribution in [3.63, 3.8) is 0 Å². The van der Waals surface area contributed by atoms with E-state index in [1.54, 1.807) is 6.07 Å². The maximum Gasteiger partial charge on any atom is 0.419 e. The third kappa shape index (κ3) is 4.75. The molecule has 1 aromatic heterocycles. The van der Waals surface area contributed by atoms with Crippen molar-refractivity contribution in [3.8, 4) is 0 Å². The number of hydrogen-bond acceptors (Lipinski definition) is 4. The molecule has 2 heterocycles. The molecule has 7 nitrogen and oxygen atoms in total. The van der Waals surface area contributed by atoms with Gasteiger partial charge in [-0.3, -0.25) is 9.36 Å². The van der Waals surface area contributed by atoms with Crippen LogP contribution in [0.2, 0.25) is 0 Å². The van der Waals surface area contributed by atoms with Crippen LogP contribution in [0.5, 0.6) is 0 Å². The Kier molecular flexibility index (Phi) is 6.07. The number of carbonyl (C=O) groups is 1. The molecular weight excluding hydrogens is 370 g/mol. The highest BCUT2D eigenvalue weighted by atomic mass is 16.5. The lowest BCUT2D eigenvalue weighted by molar-refractivity contribution is -0.921. The van der Waals surface area contributed by atoms with Crippen molar-refractivity contribution in [1.29, 1.82) is 0 Å². The summed E-state index contributed by atoms with van der Waals surface area (Å²) in [4.78, 5) is 25.9. The van der Waals surface area contributed by atoms with Gasteiger partial charge in [-0.05, 0) is 17.7 Å². The summed E-state index contributed by atoms with van der Waals surface area (Å²) in [6.07, 6.45) is 0.223. The Morgan fingerprint density at radius 2 is 1.76 bits per heavy atom. The van der Waals surface area contributed by atoms with Crippen LogP contribution in [0.15, 0.2) is 57.7 Å². The number of benzene rings is 2. The number of amides is 1. The van der Waals surface area contributed by atoms with E-state index in [4.69, 9.17) is 9.15 Å². The number of ether oxygens (including phenoxy) is 1. The number of rotatable bonds is 7. The molecule has 0 bridgehead atoms. The fourth-order valence-corrected chi connectivity index (χ4v) is 3.73. The molecule has 1 amide bonds. The second kappa shape index (κ2) is 9.07. The van der Waals surface area contributed by atoms with Gasteiger partial charge in [-0.25, -0.2) is 4.79 Å². The van der Waals surface area contributed by atoms with Crippen LogP contribution in [0, 0.1) is 0 Å². The highest BCUT2D eigenvalue weighted by Gasteiger charge is 2.16. The highest BCUT2D eigenvalue weighted by molar-refractivity contribution is 5.76. The molecule has 1 saturated heterocycles. The SMILES string of the molecule is O=C(CCn1c(=O)oc2ccccc21)NCc1ccccc1C[NH+]1CCOCC1. The predicted octanol–water partition coefficient (Wildman–Crippen LogP) is 0.716. The number of nitrogens with one attached hydrogen (secondary N) is 2. The number of carbonyl (C=O) groups excluding carboxylic acids is 1. The number of hydrogen-bond donors (Lipinski definition) is 2. The summed E-state index contributed by atoms with van der Waals surface area (Å²) >= 11 is 0. The van der Waals surface area contributed by atoms with Gasteiger partial charge < -0.3 is 19.4 Å².